The average molecular weight is 196 g/mol. The summed E-state index contributed by atoms with van der Waals surface area (Å²) in [7, 11) is 0. The Balaban J connectivity index is 2.10. The second-order valence-electron chi connectivity index (χ2n) is 3.18. The van der Waals surface area contributed by atoms with Gasteiger partial charge in [0.15, 0.2) is 0 Å². The lowest BCUT2D eigenvalue weighted by Crippen LogP contribution is -2.38. The summed E-state index contributed by atoms with van der Waals surface area (Å²) in [5.41, 5.74) is 1.25. The van der Waals surface area contributed by atoms with E-state index >= 15 is 0 Å². The fraction of sp³-hybridized carbons (Fsp3) is 0.400. The van der Waals surface area contributed by atoms with Crippen molar-refractivity contribution in [2.24, 2.45) is 0 Å². The molecule has 0 spiro atoms. The smallest absolute Gasteiger partial charge is 0.0620 e. The van der Waals surface area contributed by atoms with Gasteiger partial charge in [0.05, 0.1) is 6.04 Å². The minimum absolute atomic E-state index is 0.311. The molecule has 13 heavy (non-hydrogen) atoms. The molecule has 0 bridgehead atoms. The normalized spacial score (nSPS) is 23.0. The summed E-state index contributed by atoms with van der Waals surface area (Å²) < 4.78 is 0. The summed E-state index contributed by atoms with van der Waals surface area (Å²) in [4.78, 5) is 0. The van der Waals surface area contributed by atoms with Gasteiger partial charge in [-0.25, -0.2) is 5.32 Å². The third-order valence-electron chi connectivity index (χ3n) is 2.23. The zero-order chi connectivity index (χ0) is 9.10. The van der Waals surface area contributed by atoms with E-state index in [0.717, 1.165) is 24.7 Å². The Labute approximate surface area is 83.3 Å². The van der Waals surface area contributed by atoms with Gasteiger partial charge in [0.25, 0.3) is 0 Å². The first-order chi connectivity index (χ1) is 6.36. The van der Waals surface area contributed by atoms with Gasteiger partial charge in [0, 0.05) is 24.7 Å². The van der Waals surface area contributed by atoms with Crippen molar-refractivity contribution in [2.45, 2.75) is 6.04 Å². The fourth-order valence-corrected chi connectivity index (χ4v) is 1.64. The Kier molecular flexibility index (Phi) is 2.83. The van der Waals surface area contributed by atoms with E-state index in [1.807, 2.05) is 24.3 Å². The van der Waals surface area contributed by atoms with Crippen LogP contribution in [0.25, 0.3) is 0 Å². The van der Waals surface area contributed by atoms with E-state index < -0.39 is 0 Å². The number of hydrogen-bond donors (Lipinski definition) is 1. The summed E-state index contributed by atoms with van der Waals surface area (Å²) in [6.07, 6.45) is 0. The van der Waals surface area contributed by atoms with Crippen molar-refractivity contribution < 1.29 is 0 Å². The monoisotopic (exact) mass is 195 g/mol. The molecule has 1 heterocycles. The molecule has 1 N–H and O–H groups in total. The Bertz CT molecular complexity index is 265. The van der Waals surface area contributed by atoms with E-state index in [1.165, 1.54) is 5.56 Å². The molecule has 2 nitrogen and oxygen atoms in total. The second-order valence-corrected chi connectivity index (χ2v) is 3.61. The third kappa shape index (κ3) is 2.21. The van der Waals surface area contributed by atoms with Crippen molar-refractivity contribution >= 4 is 11.6 Å². The third-order valence-corrected chi connectivity index (χ3v) is 2.48. The summed E-state index contributed by atoms with van der Waals surface area (Å²) in [6, 6.07) is 8.24. The van der Waals surface area contributed by atoms with Gasteiger partial charge in [0.2, 0.25) is 0 Å². The van der Waals surface area contributed by atoms with Gasteiger partial charge in [-0.2, -0.15) is 0 Å². The minimum Gasteiger partial charge on any atom is -0.313 e. The van der Waals surface area contributed by atoms with Gasteiger partial charge >= 0.3 is 0 Å². The number of rotatable bonds is 1. The van der Waals surface area contributed by atoms with Crippen LogP contribution in [0.15, 0.2) is 24.3 Å². The second kappa shape index (κ2) is 4.09. The highest BCUT2D eigenvalue weighted by atomic mass is 35.5. The predicted octanol–water partition coefficient (Wildman–Crippen LogP) is 1.59. The SMILES string of the molecule is Clc1ccc(C2CNCC[N]2)cc1. The van der Waals surface area contributed by atoms with Gasteiger partial charge in [-0.3, -0.25) is 0 Å². The van der Waals surface area contributed by atoms with E-state index in [0.29, 0.717) is 6.04 Å². The molecule has 0 aliphatic carbocycles. The van der Waals surface area contributed by atoms with Crippen molar-refractivity contribution in [3.05, 3.63) is 34.9 Å². The standard InChI is InChI=1S/C10H12ClN2/c11-9-3-1-8(2-4-9)10-7-12-5-6-13-10/h1-4,10,12H,5-7H2. The topological polar surface area (TPSA) is 26.1 Å². The van der Waals surface area contributed by atoms with Crippen molar-refractivity contribution in [3.8, 4) is 0 Å². The average Bonchev–Trinajstić information content (AvgIpc) is 2.20. The Morgan fingerprint density at radius 3 is 2.69 bits per heavy atom. The van der Waals surface area contributed by atoms with Gasteiger partial charge in [-0.05, 0) is 17.7 Å². The van der Waals surface area contributed by atoms with Crippen LogP contribution >= 0.6 is 11.6 Å². The zero-order valence-corrected chi connectivity index (χ0v) is 8.09. The summed E-state index contributed by atoms with van der Waals surface area (Å²) in [5, 5.41) is 8.63. The molecule has 0 aromatic heterocycles. The zero-order valence-electron chi connectivity index (χ0n) is 7.33. The number of benzene rings is 1. The first-order valence-corrected chi connectivity index (χ1v) is 4.87. The van der Waals surface area contributed by atoms with Crippen LogP contribution in [0.1, 0.15) is 11.6 Å². The molecule has 0 amide bonds. The molecule has 3 heteroatoms. The largest absolute Gasteiger partial charge is 0.313 e. The highest BCUT2D eigenvalue weighted by molar-refractivity contribution is 6.30. The maximum atomic E-state index is 5.80. The molecule has 1 fully saturated rings. The molecule has 69 valence electrons. The molecule has 2 rings (SSSR count). The van der Waals surface area contributed by atoms with Crippen LogP contribution < -0.4 is 10.6 Å². The molecular formula is C10H12ClN2. The van der Waals surface area contributed by atoms with Gasteiger partial charge in [-0.1, -0.05) is 23.7 Å². The van der Waals surface area contributed by atoms with Crippen molar-refractivity contribution in [1.82, 2.24) is 10.6 Å². The molecule has 1 aromatic rings. The number of nitrogens with one attached hydrogen (secondary N) is 1. The molecular weight excluding hydrogens is 184 g/mol. The van der Waals surface area contributed by atoms with Crippen molar-refractivity contribution in [3.63, 3.8) is 0 Å². The van der Waals surface area contributed by atoms with Crippen molar-refractivity contribution in [1.29, 1.82) is 0 Å². The predicted molar refractivity (Wildman–Crippen MR) is 54.1 cm³/mol. The maximum absolute atomic E-state index is 5.80. The first kappa shape index (κ1) is 9.00. The van der Waals surface area contributed by atoms with Crippen LogP contribution in [0.5, 0.6) is 0 Å². The maximum Gasteiger partial charge on any atom is 0.0620 e. The van der Waals surface area contributed by atoms with Gasteiger partial charge in [-0.15, -0.1) is 0 Å². The molecule has 1 aliphatic heterocycles. The van der Waals surface area contributed by atoms with E-state index in [4.69, 9.17) is 11.6 Å². The quantitative estimate of drug-likeness (QED) is 0.724. The molecule has 1 aromatic carbocycles. The molecule has 1 saturated heterocycles. The van der Waals surface area contributed by atoms with Crippen LogP contribution in [-0.4, -0.2) is 19.6 Å². The van der Waals surface area contributed by atoms with Crippen LogP contribution in [0.3, 0.4) is 0 Å². The van der Waals surface area contributed by atoms with Crippen LogP contribution in [0, 0.1) is 0 Å². The molecule has 1 radical (unpaired) electrons. The van der Waals surface area contributed by atoms with E-state index in [-0.39, 0.29) is 0 Å². The molecule has 1 unspecified atom stereocenters. The first-order valence-electron chi connectivity index (χ1n) is 4.49. The molecule has 1 aliphatic rings. The van der Waals surface area contributed by atoms with Gasteiger partial charge in [0.1, 0.15) is 0 Å². The van der Waals surface area contributed by atoms with Gasteiger partial charge < -0.3 is 5.32 Å². The Morgan fingerprint density at radius 2 is 2.08 bits per heavy atom. The van der Waals surface area contributed by atoms with E-state index in [2.05, 4.69) is 10.6 Å². The summed E-state index contributed by atoms with van der Waals surface area (Å²) in [5.74, 6) is 0. The molecule has 0 saturated carbocycles. The van der Waals surface area contributed by atoms with E-state index in [9.17, 15) is 0 Å². The number of piperazine rings is 1. The van der Waals surface area contributed by atoms with E-state index in [1.54, 1.807) is 0 Å². The fourth-order valence-electron chi connectivity index (χ4n) is 1.51. The van der Waals surface area contributed by atoms with Crippen molar-refractivity contribution in [2.75, 3.05) is 19.6 Å². The number of hydrogen-bond acceptors (Lipinski definition) is 1. The number of halogens is 1. The summed E-state index contributed by atoms with van der Waals surface area (Å²) >= 11 is 5.80. The Hall–Kier alpha value is -0.570. The van der Waals surface area contributed by atoms with Crippen LogP contribution in [0.4, 0.5) is 0 Å². The Morgan fingerprint density at radius 1 is 1.31 bits per heavy atom. The highest BCUT2D eigenvalue weighted by Crippen LogP contribution is 2.17. The number of nitrogens with zero attached hydrogens (tertiary/aromatic N) is 1. The van der Waals surface area contributed by atoms with Crippen LogP contribution in [-0.2, 0) is 0 Å². The van der Waals surface area contributed by atoms with Crippen LogP contribution in [0.2, 0.25) is 5.02 Å². The lowest BCUT2D eigenvalue weighted by atomic mass is 10.1. The lowest BCUT2D eigenvalue weighted by molar-refractivity contribution is 0.421. The minimum atomic E-state index is 0.311. The molecule has 1 atom stereocenters. The highest BCUT2D eigenvalue weighted by Gasteiger charge is 2.14. The summed E-state index contributed by atoms with van der Waals surface area (Å²) in [6.45, 7) is 2.86. The lowest BCUT2D eigenvalue weighted by Gasteiger charge is -2.22.